The van der Waals surface area contributed by atoms with Gasteiger partial charge in [-0.1, -0.05) is 6.07 Å². The van der Waals surface area contributed by atoms with E-state index in [4.69, 9.17) is 31.2 Å². The Hall–Kier alpha value is -3.30. The summed E-state index contributed by atoms with van der Waals surface area (Å²) in [6.07, 6.45) is 2.07. The average molecular weight is 468 g/mol. The smallest absolute Gasteiger partial charge is 0.253 e. The molecule has 1 atom stereocenters. The molecule has 5 rings (SSSR count). The van der Waals surface area contributed by atoms with E-state index in [2.05, 4.69) is 10.3 Å². The van der Waals surface area contributed by atoms with Crippen molar-refractivity contribution >= 4 is 33.9 Å². The number of aromatic nitrogens is 1. The van der Waals surface area contributed by atoms with E-state index < -0.39 is 0 Å². The molecule has 0 amide bonds. The number of H-pyrrole nitrogens is 1. The first kappa shape index (κ1) is 21.5. The second-order valence-corrected chi connectivity index (χ2v) is 8.48. The summed E-state index contributed by atoms with van der Waals surface area (Å²) >= 11 is 5.74. The van der Waals surface area contributed by atoms with E-state index in [1.807, 2.05) is 41.3 Å². The molecule has 1 saturated heterocycles. The Morgan fingerprint density at radius 2 is 2.09 bits per heavy atom. The number of thiocarbonyl (C=S) groups is 1. The number of ether oxygens (including phenoxy) is 4. The fourth-order valence-electron chi connectivity index (χ4n) is 4.12. The topological polar surface area (TPSA) is 85.1 Å². The van der Waals surface area contributed by atoms with Crippen LogP contribution in [0.3, 0.4) is 0 Å². The zero-order chi connectivity index (χ0) is 22.8. The van der Waals surface area contributed by atoms with Gasteiger partial charge in [0.2, 0.25) is 6.79 Å². The molecule has 1 fully saturated rings. The molecule has 0 aliphatic carbocycles. The zero-order valence-electron chi connectivity index (χ0n) is 18.3. The van der Waals surface area contributed by atoms with Crippen molar-refractivity contribution in [2.24, 2.45) is 0 Å². The van der Waals surface area contributed by atoms with E-state index in [-0.39, 0.29) is 18.5 Å². The van der Waals surface area contributed by atoms with Gasteiger partial charge in [-0.05, 0) is 49.3 Å². The molecule has 0 saturated carbocycles. The maximum Gasteiger partial charge on any atom is 0.253 e. The Bertz CT molecular complexity index is 1240. The highest BCUT2D eigenvalue weighted by Crippen LogP contribution is 2.35. The number of aromatic amines is 1. The predicted molar refractivity (Wildman–Crippen MR) is 129 cm³/mol. The van der Waals surface area contributed by atoms with Crippen molar-refractivity contribution in [1.82, 2.24) is 9.88 Å². The van der Waals surface area contributed by atoms with Crippen molar-refractivity contribution in [3.05, 3.63) is 58.4 Å². The number of fused-ring (bicyclic) bond motifs is 2. The van der Waals surface area contributed by atoms with Gasteiger partial charge < -0.3 is 34.1 Å². The molecule has 2 aliphatic rings. The molecule has 0 spiro atoms. The number of anilines is 1. The van der Waals surface area contributed by atoms with Crippen molar-refractivity contribution in [2.75, 3.05) is 32.4 Å². The first-order chi connectivity index (χ1) is 16.1. The molecule has 3 aromatic rings. The fraction of sp³-hybridized carbons (Fsp3) is 0.333. The van der Waals surface area contributed by atoms with Crippen LogP contribution in [0.15, 0.2) is 47.3 Å². The van der Waals surface area contributed by atoms with Gasteiger partial charge in [0, 0.05) is 41.9 Å². The number of pyridine rings is 1. The normalized spacial score (nSPS) is 16.7. The summed E-state index contributed by atoms with van der Waals surface area (Å²) in [6.45, 7) is 1.87. The third-order valence-electron chi connectivity index (χ3n) is 5.83. The van der Waals surface area contributed by atoms with Gasteiger partial charge in [0.1, 0.15) is 5.75 Å². The number of benzene rings is 2. The van der Waals surface area contributed by atoms with Crippen LogP contribution in [0.5, 0.6) is 17.2 Å². The van der Waals surface area contributed by atoms with E-state index >= 15 is 0 Å². The van der Waals surface area contributed by atoms with Crippen molar-refractivity contribution in [3.8, 4) is 17.2 Å². The highest BCUT2D eigenvalue weighted by Gasteiger charge is 2.23. The summed E-state index contributed by atoms with van der Waals surface area (Å²) in [4.78, 5) is 17.8. The molecule has 2 aromatic carbocycles. The van der Waals surface area contributed by atoms with Gasteiger partial charge >= 0.3 is 0 Å². The highest BCUT2D eigenvalue weighted by atomic mass is 32.1. The lowest BCUT2D eigenvalue weighted by Crippen LogP contribution is -2.40. The number of rotatable bonds is 6. The van der Waals surface area contributed by atoms with Crippen LogP contribution in [0, 0.1) is 0 Å². The lowest BCUT2D eigenvalue weighted by molar-refractivity contribution is 0.0904. The molecule has 1 aromatic heterocycles. The molecule has 3 heterocycles. The number of methoxy groups -OCH3 is 1. The minimum atomic E-state index is -0.164. The van der Waals surface area contributed by atoms with Crippen LogP contribution in [0.25, 0.3) is 10.9 Å². The predicted octanol–water partition coefficient (Wildman–Crippen LogP) is 3.64. The van der Waals surface area contributed by atoms with Gasteiger partial charge in [0.05, 0.1) is 25.3 Å². The molecule has 9 heteroatoms. The van der Waals surface area contributed by atoms with Crippen molar-refractivity contribution in [2.45, 2.75) is 25.5 Å². The van der Waals surface area contributed by atoms with Crippen LogP contribution >= 0.6 is 12.2 Å². The number of nitrogens with zero attached hydrogens (tertiary/aromatic N) is 1. The van der Waals surface area contributed by atoms with E-state index in [1.54, 1.807) is 13.2 Å². The van der Waals surface area contributed by atoms with Crippen molar-refractivity contribution in [3.63, 3.8) is 0 Å². The van der Waals surface area contributed by atoms with Gasteiger partial charge in [0.25, 0.3) is 5.56 Å². The maximum absolute atomic E-state index is 12.9. The number of hydrogen-bond donors (Lipinski definition) is 2. The first-order valence-electron chi connectivity index (χ1n) is 10.9. The summed E-state index contributed by atoms with van der Waals surface area (Å²) in [5.41, 5.74) is 1.96. The summed E-state index contributed by atoms with van der Waals surface area (Å²) in [7, 11) is 1.62. The van der Waals surface area contributed by atoms with Gasteiger partial charge in [-0.15, -0.1) is 0 Å². The Labute approximate surface area is 196 Å². The number of nitrogens with one attached hydrogen (secondary N) is 2. The van der Waals surface area contributed by atoms with E-state index in [9.17, 15) is 4.79 Å². The summed E-state index contributed by atoms with van der Waals surface area (Å²) in [5.74, 6) is 2.04. The van der Waals surface area contributed by atoms with Crippen LogP contribution in [0.4, 0.5) is 5.69 Å². The molecule has 8 nitrogen and oxygen atoms in total. The standard InChI is InChI=1S/C24H25N3O5S/c1-29-18-5-2-4-17(10-18)25-24(33)27(13-19-6-3-7-30-19)12-16-8-15-9-21-22(32-14-31-21)11-20(15)26-23(16)28/h2,4-5,8-11,19H,3,6-7,12-14H2,1H3,(H,25,33)(H,26,28). The zero-order valence-corrected chi connectivity index (χ0v) is 19.1. The monoisotopic (exact) mass is 467 g/mol. The van der Waals surface area contributed by atoms with Gasteiger partial charge in [-0.3, -0.25) is 4.79 Å². The molecular formula is C24H25N3O5S. The quantitative estimate of drug-likeness (QED) is 0.532. The molecule has 2 N–H and O–H groups in total. The third-order valence-corrected chi connectivity index (χ3v) is 6.19. The molecule has 172 valence electrons. The Morgan fingerprint density at radius 3 is 2.88 bits per heavy atom. The van der Waals surface area contributed by atoms with Crippen LogP contribution in [-0.2, 0) is 11.3 Å². The fourth-order valence-corrected chi connectivity index (χ4v) is 4.38. The largest absolute Gasteiger partial charge is 0.497 e. The number of hydrogen-bond acceptors (Lipinski definition) is 6. The molecule has 1 unspecified atom stereocenters. The Morgan fingerprint density at radius 1 is 1.24 bits per heavy atom. The molecule has 0 bridgehead atoms. The maximum atomic E-state index is 12.9. The van der Waals surface area contributed by atoms with Gasteiger partial charge in [0.15, 0.2) is 16.6 Å². The van der Waals surface area contributed by atoms with Gasteiger partial charge in [-0.2, -0.15) is 0 Å². The van der Waals surface area contributed by atoms with Crippen molar-refractivity contribution in [1.29, 1.82) is 0 Å². The lowest BCUT2D eigenvalue weighted by atomic mass is 10.1. The van der Waals surface area contributed by atoms with E-state index in [0.29, 0.717) is 40.8 Å². The Balaban J connectivity index is 1.41. The summed E-state index contributed by atoms with van der Waals surface area (Å²) < 4.78 is 22.1. The first-order valence-corrected chi connectivity index (χ1v) is 11.3. The molecule has 2 aliphatic heterocycles. The summed E-state index contributed by atoms with van der Waals surface area (Å²) in [5, 5.41) is 4.66. The SMILES string of the molecule is COc1cccc(NC(=S)N(Cc2cc3cc4c(cc3[nH]c2=O)OCO4)CC2CCCO2)c1. The summed E-state index contributed by atoms with van der Waals surface area (Å²) in [6, 6.07) is 13.1. The van der Waals surface area contributed by atoms with E-state index in [0.717, 1.165) is 36.3 Å². The minimum Gasteiger partial charge on any atom is -0.497 e. The Kier molecular flexibility index (Phi) is 6.06. The van der Waals surface area contributed by atoms with Crippen LogP contribution in [0.1, 0.15) is 18.4 Å². The van der Waals surface area contributed by atoms with Crippen LogP contribution in [0.2, 0.25) is 0 Å². The molecular weight excluding hydrogens is 442 g/mol. The molecule has 0 radical (unpaired) electrons. The average Bonchev–Trinajstić information content (AvgIpc) is 3.49. The van der Waals surface area contributed by atoms with Crippen molar-refractivity contribution < 1.29 is 18.9 Å². The minimum absolute atomic E-state index is 0.0726. The van der Waals surface area contributed by atoms with E-state index in [1.165, 1.54) is 0 Å². The lowest BCUT2D eigenvalue weighted by Gasteiger charge is -2.28. The molecule has 33 heavy (non-hydrogen) atoms. The second kappa shape index (κ2) is 9.29. The second-order valence-electron chi connectivity index (χ2n) is 8.09. The third kappa shape index (κ3) is 4.74. The van der Waals surface area contributed by atoms with Crippen LogP contribution in [-0.4, -0.2) is 48.2 Å². The van der Waals surface area contributed by atoms with Gasteiger partial charge in [-0.25, -0.2) is 0 Å². The van der Waals surface area contributed by atoms with Crippen LogP contribution < -0.4 is 25.1 Å². The highest BCUT2D eigenvalue weighted by molar-refractivity contribution is 7.80.